The highest BCUT2D eigenvalue weighted by Crippen LogP contribution is 2.07. The second kappa shape index (κ2) is 7.16. The highest BCUT2D eigenvalue weighted by molar-refractivity contribution is 5.92. The highest BCUT2D eigenvalue weighted by Gasteiger charge is 2.31. The van der Waals surface area contributed by atoms with Gasteiger partial charge in [-0.05, 0) is 20.8 Å². The van der Waals surface area contributed by atoms with Crippen LogP contribution in [-0.4, -0.2) is 56.2 Å². The van der Waals surface area contributed by atoms with E-state index in [1.165, 1.54) is 0 Å². The van der Waals surface area contributed by atoms with Crippen LogP contribution in [0.25, 0.3) is 0 Å². The molecular formula is C13H25N2O3+. The number of quaternary nitrogens is 1. The summed E-state index contributed by atoms with van der Waals surface area (Å²) < 4.78 is 5.47. The van der Waals surface area contributed by atoms with Crippen molar-refractivity contribution in [3.8, 4) is 0 Å². The van der Waals surface area contributed by atoms with Crippen molar-refractivity contribution in [2.24, 2.45) is 0 Å². The molecule has 1 atom stereocenters. The Kier molecular flexibility index (Phi) is 6.62. The van der Waals surface area contributed by atoms with Crippen LogP contribution in [-0.2, 0) is 14.3 Å². The van der Waals surface area contributed by atoms with Crippen molar-refractivity contribution in [2.75, 3.05) is 33.8 Å². The highest BCUT2D eigenvalue weighted by atomic mass is 16.5. The van der Waals surface area contributed by atoms with E-state index in [0.29, 0.717) is 29.8 Å². The van der Waals surface area contributed by atoms with Crippen molar-refractivity contribution in [3.63, 3.8) is 0 Å². The molecular weight excluding hydrogens is 232 g/mol. The van der Waals surface area contributed by atoms with Crippen molar-refractivity contribution < 1.29 is 18.8 Å². The average Bonchev–Trinajstić information content (AvgIpc) is 2.27. The number of hydrogen-bond acceptors (Lipinski definition) is 3. The second-order valence-corrected chi connectivity index (χ2v) is 4.97. The third-order valence-electron chi connectivity index (χ3n) is 3.04. The molecule has 0 radical (unpaired) electrons. The zero-order valence-electron chi connectivity index (χ0n) is 12.1. The number of likely N-dealkylation sites (N-methyl/N-ethyl adjacent to an activating group) is 1. The monoisotopic (exact) mass is 257 g/mol. The average molecular weight is 257 g/mol. The van der Waals surface area contributed by atoms with E-state index in [2.05, 4.69) is 11.9 Å². The summed E-state index contributed by atoms with van der Waals surface area (Å²) in [5.41, 5.74) is 0.485. The van der Waals surface area contributed by atoms with Gasteiger partial charge in [0.1, 0.15) is 0 Å². The molecule has 1 N–H and O–H groups in total. The number of ether oxygens (including phenoxy) is 1. The second-order valence-electron chi connectivity index (χ2n) is 4.97. The van der Waals surface area contributed by atoms with Crippen LogP contribution in [0.4, 0.5) is 0 Å². The molecule has 0 saturated carbocycles. The van der Waals surface area contributed by atoms with Crippen LogP contribution in [0.3, 0.4) is 0 Å². The molecule has 0 aromatic carbocycles. The molecule has 0 bridgehead atoms. The summed E-state index contributed by atoms with van der Waals surface area (Å²) in [4.78, 5) is 23.0. The standard InChI is InChI=1S/C13H24N2O3/c1-7-18-13(17)11(4)15(5,6)9-8-14-12(16)10(2)3/h11H,2,7-9H2,1,3-6H3/p+1. The summed E-state index contributed by atoms with van der Waals surface area (Å²) in [5, 5.41) is 2.76. The van der Waals surface area contributed by atoms with E-state index in [1.54, 1.807) is 13.8 Å². The van der Waals surface area contributed by atoms with Gasteiger partial charge >= 0.3 is 5.97 Å². The molecule has 1 unspecified atom stereocenters. The van der Waals surface area contributed by atoms with Gasteiger partial charge in [-0.2, -0.15) is 0 Å². The van der Waals surface area contributed by atoms with Crippen molar-refractivity contribution in [1.82, 2.24) is 5.32 Å². The largest absolute Gasteiger partial charge is 0.462 e. The molecule has 1 amide bonds. The molecule has 0 aliphatic rings. The van der Waals surface area contributed by atoms with E-state index in [-0.39, 0.29) is 17.9 Å². The number of esters is 1. The van der Waals surface area contributed by atoms with Crippen LogP contribution in [0.1, 0.15) is 20.8 Å². The molecule has 5 nitrogen and oxygen atoms in total. The molecule has 0 aromatic heterocycles. The molecule has 18 heavy (non-hydrogen) atoms. The van der Waals surface area contributed by atoms with Crippen molar-refractivity contribution in [1.29, 1.82) is 0 Å². The minimum atomic E-state index is -0.258. The van der Waals surface area contributed by atoms with Crippen LogP contribution in [0.15, 0.2) is 12.2 Å². The lowest BCUT2D eigenvalue weighted by Crippen LogP contribution is -2.54. The van der Waals surface area contributed by atoms with Gasteiger partial charge in [0.05, 0.1) is 33.8 Å². The molecule has 0 heterocycles. The van der Waals surface area contributed by atoms with E-state index in [0.717, 1.165) is 0 Å². The van der Waals surface area contributed by atoms with E-state index in [1.807, 2.05) is 21.0 Å². The van der Waals surface area contributed by atoms with Crippen LogP contribution < -0.4 is 5.32 Å². The van der Waals surface area contributed by atoms with E-state index in [4.69, 9.17) is 4.74 Å². The lowest BCUT2D eigenvalue weighted by Gasteiger charge is -2.34. The number of rotatable bonds is 7. The molecule has 0 saturated heterocycles. The zero-order chi connectivity index (χ0) is 14.3. The summed E-state index contributed by atoms with van der Waals surface area (Å²) in [6, 6.07) is -0.258. The lowest BCUT2D eigenvalue weighted by molar-refractivity contribution is -0.903. The molecule has 0 aromatic rings. The predicted molar refractivity (Wildman–Crippen MR) is 70.9 cm³/mol. The number of nitrogens with zero attached hydrogens (tertiary/aromatic N) is 1. The Labute approximate surface area is 109 Å². The molecule has 0 aliphatic carbocycles. The summed E-state index contributed by atoms with van der Waals surface area (Å²) in [5.74, 6) is -0.368. The normalized spacial score (nSPS) is 12.7. The molecule has 5 heteroatoms. The minimum Gasteiger partial charge on any atom is -0.462 e. The first-order chi connectivity index (χ1) is 8.22. The van der Waals surface area contributed by atoms with E-state index < -0.39 is 0 Å². The van der Waals surface area contributed by atoms with Crippen LogP contribution in [0.2, 0.25) is 0 Å². The Balaban J connectivity index is 4.26. The molecule has 0 spiro atoms. The summed E-state index contributed by atoms with van der Waals surface area (Å²) >= 11 is 0. The number of hydrogen-bond donors (Lipinski definition) is 1. The SMILES string of the molecule is C=C(C)C(=O)NCC[N+](C)(C)C(C)C(=O)OCC. The first-order valence-electron chi connectivity index (χ1n) is 6.15. The topological polar surface area (TPSA) is 55.4 Å². The summed E-state index contributed by atoms with van der Waals surface area (Å²) in [7, 11) is 3.88. The van der Waals surface area contributed by atoms with Gasteiger partial charge in [0.15, 0.2) is 6.04 Å². The molecule has 0 fully saturated rings. The Bertz CT molecular complexity index is 324. The zero-order valence-corrected chi connectivity index (χ0v) is 12.1. The van der Waals surface area contributed by atoms with E-state index in [9.17, 15) is 9.59 Å². The molecule has 0 aliphatic heterocycles. The van der Waals surface area contributed by atoms with Crippen molar-refractivity contribution >= 4 is 11.9 Å². The van der Waals surface area contributed by atoms with Gasteiger partial charge in [0.25, 0.3) is 0 Å². The van der Waals surface area contributed by atoms with Crippen LogP contribution in [0.5, 0.6) is 0 Å². The predicted octanol–water partition coefficient (Wildman–Crippen LogP) is 0.707. The van der Waals surface area contributed by atoms with Gasteiger partial charge in [-0.1, -0.05) is 6.58 Å². The van der Waals surface area contributed by atoms with Crippen LogP contribution in [0, 0.1) is 0 Å². The molecule has 104 valence electrons. The summed E-state index contributed by atoms with van der Waals surface area (Å²) in [6.07, 6.45) is 0. The quantitative estimate of drug-likeness (QED) is 0.415. The Morgan fingerprint density at radius 2 is 1.94 bits per heavy atom. The number of nitrogens with one attached hydrogen (secondary N) is 1. The Morgan fingerprint density at radius 1 is 1.39 bits per heavy atom. The maximum Gasteiger partial charge on any atom is 0.364 e. The fourth-order valence-electron chi connectivity index (χ4n) is 1.35. The number of amides is 1. The Morgan fingerprint density at radius 3 is 2.39 bits per heavy atom. The van der Waals surface area contributed by atoms with Crippen molar-refractivity contribution in [3.05, 3.63) is 12.2 Å². The van der Waals surface area contributed by atoms with E-state index >= 15 is 0 Å². The first kappa shape index (κ1) is 16.6. The molecule has 0 rings (SSSR count). The third-order valence-corrected chi connectivity index (χ3v) is 3.04. The fraction of sp³-hybridized carbons (Fsp3) is 0.692. The van der Waals surface area contributed by atoms with Gasteiger partial charge < -0.3 is 14.5 Å². The lowest BCUT2D eigenvalue weighted by atomic mass is 10.2. The fourth-order valence-corrected chi connectivity index (χ4v) is 1.35. The smallest absolute Gasteiger partial charge is 0.364 e. The summed E-state index contributed by atoms with van der Waals surface area (Å²) in [6.45, 7) is 10.4. The van der Waals surface area contributed by atoms with Gasteiger partial charge in [0.2, 0.25) is 5.91 Å². The number of carbonyl (C=O) groups excluding carboxylic acids is 2. The van der Waals surface area contributed by atoms with Gasteiger partial charge in [-0.15, -0.1) is 0 Å². The van der Waals surface area contributed by atoms with Gasteiger partial charge in [-0.25, -0.2) is 4.79 Å². The minimum absolute atomic E-state index is 0.154. The Hall–Kier alpha value is -1.36. The van der Waals surface area contributed by atoms with Gasteiger partial charge in [0, 0.05) is 5.57 Å². The number of carbonyl (C=O) groups is 2. The van der Waals surface area contributed by atoms with Crippen LogP contribution >= 0.6 is 0 Å². The van der Waals surface area contributed by atoms with Gasteiger partial charge in [-0.3, -0.25) is 4.79 Å². The maximum absolute atomic E-state index is 11.7. The third kappa shape index (κ3) is 5.31. The van der Waals surface area contributed by atoms with Crippen molar-refractivity contribution in [2.45, 2.75) is 26.8 Å². The first-order valence-corrected chi connectivity index (χ1v) is 6.15. The maximum atomic E-state index is 11.7.